The summed E-state index contributed by atoms with van der Waals surface area (Å²) in [5, 5.41) is 0.754. The molecule has 1 amide bonds. The average molecular weight is 440 g/mol. The topological polar surface area (TPSA) is 70.4 Å². The van der Waals surface area contributed by atoms with Gasteiger partial charge in [-0.05, 0) is 58.9 Å². The number of ether oxygens (including phenoxy) is 4. The zero-order valence-electron chi connectivity index (χ0n) is 19.3. The van der Waals surface area contributed by atoms with E-state index in [1.54, 1.807) is 18.3 Å². The molecule has 1 aliphatic heterocycles. The highest BCUT2D eigenvalue weighted by Gasteiger charge is 2.47. The van der Waals surface area contributed by atoms with Gasteiger partial charge in [-0.2, -0.15) is 0 Å². The SMILES string of the molecule is COc1c([C@@H]2COC(C)(C)N2C(=O)OC(C)(C)C)cc(Oc2ccccc2)c2occc12. The molecule has 3 aromatic rings. The van der Waals surface area contributed by atoms with E-state index in [1.807, 2.05) is 77.1 Å². The molecule has 0 spiro atoms. The molecule has 2 heterocycles. The van der Waals surface area contributed by atoms with Crippen LogP contribution in [0.5, 0.6) is 17.2 Å². The van der Waals surface area contributed by atoms with Gasteiger partial charge in [0.1, 0.15) is 22.8 Å². The summed E-state index contributed by atoms with van der Waals surface area (Å²) < 4.78 is 29.4. The number of carbonyl (C=O) groups is 1. The van der Waals surface area contributed by atoms with Gasteiger partial charge < -0.3 is 23.4 Å². The van der Waals surface area contributed by atoms with Gasteiger partial charge in [0.15, 0.2) is 11.3 Å². The number of benzene rings is 2. The fraction of sp³-hybridized carbons (Fsp3) is 0.400. The van der Waals surface area contributed by atoms with Crippen LogP contribution in [0.15, 0.2) is 53.1 Å². The average Bonchev–Trinajstić information content (AvgIpc) is 3.31. The lowest BCUT2D eigenvalue weighted by Crippen LogP contribution is -2.47. The highest BCUT2D eigenvalue weighted by Crippen LogP contribution is 2.47. The maximum atomic E-state index is 13.2. The van der Waals surface area contributed by atoms with Gasteiger partial charge in [-0.1, -0.05) is 18.2 Å². The summed E-state index contributed by atoms with van der Waals surface area (Å²) in [6.07, 6.45) is 1.14. The maximum Gasteiger partial charge on any atom is 0.413 e. The lowest BCUT2D eigenvalue weighted by atomic mass is 10.0. The summed E-state index contributed by atoms with van der Waals surface area (Å²) in [6, 6.07) is 12.7. The van der Waals surface area contributed by atoms with Crippen molar-refractivity contribution in [2.24, 2.45) is 0 Å². The third-order valence-corrected chi connectivity index (χ3v) is 5.29. The Bertz CT molecular complexity index is 1110. The molecule has 0 aliphatic carbocycles. The van der Waals surface area contributed by atoms with E-state index in [0.29, 0.717) is 22.8 Å². The first-order chi connectivity index (χ1) is 15.1. The number of fused-ring (bicyclic) bond motifs is 1. The first-order valence-corrected chi connectivity index (χ1v) is 10.6. The molecule has 0 saturated carbocycles. The number of carbonyl (C=O) groups excluding carboxylic acids is 1. The molecule has 1 aromatic heterocycles. The molecular formula is C25H29NO6. The van der Waals surface area contributed by atoms with E-state index in [9.17, 15) is 4.79 Å². The van der Waals surface area contributed by atoms with Crippen molar-refractivity contribution in [2.45, 2.75) is 52.0 Å². The molecule has 1 atom stereocenters. The molecule has 32 heavy (non-hydrogen) atoms. The van der Waals surface area contributed by atoms with Gasteiger partial charge in [0, 0.05) is 5.56 Å². The molecule has 0 bridgehead atoms. The first kappa shape index (κ1) is 22.0. The maximum absolute atomic E-state index is 13.2. The minimum Gasteiger partial charge on any atom is -0.496 e. The monoisotopic (exact) mass is 439 g/mol. The number of nitrogens with zero attached hydrogens (tertiary/aromatic N) is 1. The van der Waals surface area contributed by atoms with Crippen LogP contribution in [0.4, 0.5) is 4.79 Å². The predicted octanol–water partition coefficient (Wildman–Crippen LogP) is 6.28. The van der Waals surface area contributed by atoms with Crippen LogP contribution in [0.25, 0.3) is 11.0 Å². The molecule has 1 fully saturated rings. The Hall–Kier alpha value is -3.19. The second kappa shape index (κ2) is 8.06. The Morgan fingerprint density at radius 2 is 1.88 bits per heavy atom. The van der Waals surface area contributed by atoms with Crippen LogP contribution in [0.2, 0.25) is 0 Å². The van der Waals surface area contributed by atoms with Crippen LogP contribution in [-0.2, 0) is 9.47 Å². The molecule has 1 saturated heterocycles. The normalized spacial score (nSPS) is 18.1. The van der Waals surface area contributed by atoms with Crippen molar-refractivity contribution in [1.29, 1.82) is 0 Å². The van der Waals surface area contributed by atoms with Gasteiger partial charge in [-0.25, -0.2) is 4.79 Å². The summed E-state index contributed by atoms with van der Waals surface area (Å²) >= 11 is 0. The van der Waals surface area contributed by atoms with E-state index in [2.05, 4.69) is 0 Å². The summed E-state index contributed by atoms with van der Waals surface area (Å²) in [5.41, 5.74) is -0.176. The van der Waals surface area contributed by atoms with Crippen LogP contribution < -0.4 is 9.47 Å². The van der Waals surface area contributed by atoms with Crippen molar-refractivity contribution in [2.75, 3.05) is 13.7 Å². The van der Waals surface area contributed by atoms with Gasteiger partial charge in [0.05, 0.1) is 31.4 Å². The summed E-state index contributed by atoms with van der Waals surface area (Å²) in [6.45, 7) is 9.51. The fourth-order valence-corrected chi connectivity index (χ4v) is 3.96. The van der Waals surface area contributed by atoms with Crippen molar-refractivity contribution in [3.05, 3.63) is 54.3 Å². The Morgan fingerprint density at radius 1 is 1.16 bits per heavy atom. The van der Waals surface area contributed by atoms with E-state index in [4.69, 9.17) is 23.4 Å². The van der Waals surface area contributed by atoms with E-state index in [1.165, 1.54) is 0 Å². The Morgan fingerprint density at radius 3 is 2.53 bits per heavy atom. The molecule has 0 radical (unpaired) electrons. The molecule has 7 heteroatoms. The number of rotatable bonds is 4. The second-order valence-electron chi connectivity index (χ2n) is 9.20. The van der Waals surface area contributed by atoms with Crippen molar-refractivity contribution in [1.82, 2.24) is 4.90 Å². The fourth-order valence-electron chi connectivity index (χ4n) is 3.96. The molecule has 7 nitrogen and oxygen atoms in total. The van der Waals surface area contributed by atoms with Crippen LogP contribution in [0.3, 0.4) is 0 Å². The van der Waals surface area contributed by atoms with Crippen molar-refractivity contribution in [3.8, 4) is 17.2 Å². The van der Waals surface area contributed by atoms with Crippen molar-refractivity contribution in [3.63, 3.8) is 0 Å². The first-order valence-electron chi connectivity index (χ1n) is 10.6. The van der Waals surface area contributed by atoms with E-state index >= 15 is 0 Å². The summed E-state index contributed by atoms with van der Waals surface area (Å²) in [7, 11) is 1.60. The summed E-state index contributed by atoms with van der Waals surface area (Å²) in [4.78, 5) is 14.8. The molecule has 170 valence electrons. The zero-order chi connectivity index (χ0) is 23.1. The van der Waals surface area contributed by atoms with Gasteiger partial charge in [0.25, 0.3) is 0 Å². The van der Waals surface area contributed by atoms with Crippen LogP contribution in [-0.4, -0.2) is 36.0 Å². The molecule has 4 rings (SSSR count). The van der Waals surface area contributed by atoms with Crippen molar-refractivity contribution >= 4 is 17.1 Å². The Kier molecular flexibility index (Phi) is 5.54. The Labute approximate surface area is 187 Å². The van der Waals surface area contributed by atoms with Crippen molar-refractivity contribution < 1.29 is 28.2 Å². The smallest absolute Gasteiger partial charge is 0.413 e. The van der Waals surface area contributed by atoms with E-state index in [-0.39, 0.29) is 6.61 Å². The summed E-state index contributed by atoms with van der Waals surface area (Å²) in [5.74, 6) is 1.81. The largest absolute Gasteiger partial charge is 0.496 e. The van der Waals surface area contributed by atoms with Gasteiger partial charge in [-0.3, -0.25) is 4.90 Å². The van der Waals surface area contributed by atoms with E-state index < -0.39 is 23.5 Å². The quantitative estimate of drug-likeness (QED) is 0.477. The third-order valence-electron chi connectivity index (χ3n) is 5.29. The molecule has 1 aliphatic rings. The predicted molar refractivity (Wildman–Crippen MR) is 120 cm³/mol. The minimum atomic E-state index is -0.857. The van der Waals surface area contributed by atoms with Crippen LogP contribution in [0, 0.1) is 0 Å². The Balaban J connectivity index is 1.82. The molecular weight excluding hydrogens is 410 g/mol. The van der Waals surface area contributed by atoms with Crippen LogP contribution >= 0.6 is 0 Å². The third kappa shape index (κ3) is 4.12. The van der Waals surface area contributed by atoms with E-state index in [0.717, 1.165) is 10.9 Å². The lowest BCUT2D eigenvalue weighted by molar-refractivity contribution is -0.0626. The van der Waals surface area contributed by atoms with Crippen LogP contribution in [0.1, 0.15) is 46.2 Å². The lowest BCUT2D eigenvalue weighted by Gasteiger charge is -2.35. The molecule has 0 N–H and O–H groups in total. The zero-order valence-corrected chi connectivity index (χ0v) is 19.3. The molecule has 0 unspecified atom stereocenters. The number of para-hydroxylation sites is 1. The number of hydrogen-bond acceptors (Lipinski definition) is 6. The van der Waals surface area contributed by atoms with Gasteiger partial charge in [0.2, 0.25) is 0 Å². The number of hydrogen-bond donors (Lipinski definition) is 0. The standard InChI is InChI=1S/C25H29NO6/c1-24(2,3)32-23(27)26-19(15-30-25(26,4)5)18-14-20(31-16-10-8-7-9-11-16)22-17(12-13-29-22)21(18)28-6/h7-14,19H,15H2,1-6H3/t19-/m0/s1. The van der Waals surface area contributed by atoms with Gasteiger partial charge >= 0.3 is 6.09 Å². The number of methoxy groups -OCH3 is 1. The highest BCUT2D eigenvalue weighted by molar-refractivity contribution is 5.91. The number of amides is 1. The number of furan rings is 1. The van der Waals surface area contributed by atoms with Gasteiger partial charge in [-0.15, -0.1) is 0 Å². The highest BCUT2D eigenvalue weighted by atomic mass is 16.6. The molecule has 2 aromatic carbocycles. The minimum absolute atomic E-state index is 0.288. The second-order valence-corrected chi connectivity index (χ2v) is 9.20.